The maximum absolute atomic E-state index is 5.25. The van der Waals surface area contributed by atoms with Gasteiger partial charge in [0.15, 0.2) is 0 Å². The molecule has 3 atom stereocenters. The summed E-state index contributed by atoms with van der Waals surface area (Å²) in [6.07, 6.45) is 1.29. The molecular weight excluding hydrogens is 354 g/mol. The summed E-state index contributed by atoms with van der Waals surface area (Å²) in [4.78, 5) is 2.64. The summed E-state index contributed by atoms with van der Waals surface area (Å²) in [6, 6.07) is 30.7. The first-order valence-electron chi connectivity index (χ1n) is 10.7. The van der Waals surface area contributed by atoms with Crippen LogP contribution in [0.5, 0.6) is 0 Å². The molecule has 0 unspecified atom stereocenters. The molecule has 0 saturated carbocycles. The molecule has 5 rings (SSSR count). The average molecular weight is 382 g/mol. The monoisotopic (exact) mass is 381 g/mol. The maximum Gasteiger partial charge on any atom is 0.118 e. The van der Waals surface area contributed by atoms with Crippen molar-refractivity contribution in [2.75, 3.05) is 11.6 Å². The largest absolute Gasteiger partial charge is 0.274 e. The van der Waals surface area contributed by atoms with Gasteiger partial charge in [-0.25, -0.2) is 5.01 Å². The smallest absolute Gasteiger partial charge is 0.118 e. The van der Waals surface area contributed by atoms with Gasteiger partial charge in [0.05, 0.1) is 17.3 Å². The molecule has 0 N–H and O–H groups in total. The highest BCUT2D eigenvalue weighted by Gasteiger charge is 2.48. The van der Waals surface area contributed by atoms with Crippen molar-refractivity contribution >= 4 is 11.4 Å². The van der Waals surface area contributed by atoms with Gasteiger partial charge in [-0.2, -0.15) is 5.10 Å². The average Bonchev–Trinajstić information content (AvgIpc) is 3.20. The number of rotatable bonds is 4. The van der Waals surface area contributed by atoms with E-state index >= 15 is 0 Å². The zero-order chi connectivity index (χ0) is 19.8. The molecule has 0 spiro atoms. The van der Waals surface area contributed by atoms with Gasteiger partial charge >= 0.3 is 0 Å². The SMILES string of the molecule is CC[C@@H]1c2ccccc2[C@H]2C(c3ccccc3)=NN(c3ccccc3)[C@@H]2N1CC. The van der Waals surface area contributed by atoms with Crippen molar-refractivity contribution in [3.8, 4) is 0 Å². The number of fused-ring (bicyclic) bond motifs is 3. The van der Waals surface area contributed by atoms with Gasteiger partial charge in [0.1, 0.15) is 6.17 Å². The molecule has 2 aliphatic rings. The van der Waals surface area contributed by atoms with Gasteiger partial charge in [0, 0.05) is 6.04 Å². The second kappa shape index (κ2) is 7.49. The van der Waals surface area contributed by atoms with E-state index in [9.17, 15) is 0 Å². The Labute approximate surface area is 173 Å². The van der Waals surface area contributed by atoms with Crippen molar-refractivity contribution in [3.05, 3.63) is 102 Å². The normalized spacial score (nSPS) is 23.4. The van der Waals surface area contributed by atoms with E-state index in [0.29, 0.717) is 6.04 Å². The Bertz CT molecular complexity index is 1010. The molecule has 0 saturated heterocycles. The van der Waals surface area contributed by atoms with Crippen molar-refractivity contribution in [1.82, 2.24) is 4.90 Å². The van der Waals surface area contributed by atoms with Crippen molar-refractivity contribution < 1.29 is 0 Å². The van der Waals surface area contributed by atoms with Crippen molar-refractivity contribution in [3.63, 3.8) is 0 Å². The first-order valence-corrected chi connectivity index (χ1v) is 10.7. The van der Waals surface area contributed by atoms with Crippen LogP contribution in [0, 0.1) is 0 Å². The molecule has 0 radical (unpaired) electrons. The van der Waals surface area contributed by atoms with E-state index in [1.165, 1.54) is 22.4 Å². The Hall–Kier alpha value is -2.91. The molecule has 0 aromatic heterocycles. The van der Waals surface area contributed by atoms with Gasteiger partial charge in [-0.05, 0) is 41.8 Å². The minimum Gasteiger partial charge on any atom is -0.274 e. The molecule has 0 fully saturated rings. The second-order valence-electron chi connectivity index (χ2n) is 7.81. The summed E-state index contributed by atoms with van der Waals surface area (Å²) >= 11 is 0. The van der Waals surface area contributed by atoms with Gasteiger partial charge in [0.25, 0.3) is 0 Å². The summed E-state index contributed by atoms with van der Waals surface area (Å²) < 4.78 is 0. The van der Waals surface area contributed by atoms with Crippen LogP contribution in [0.2, 0.25) is 0 Å². The summed E-state index contributed by atoms with van der Waals surface area (Å²) in [6.45, 7) is 5.57. The lowest BCUT2D eigenvalue weighted by Crippen LogP contribution is -2.52. The van der Waals surface area contributed by atoms with Gasteiger partial charge in [0.2, 0.25) is 0 Å². The van der Waals surface area contributed by atoms with E-state index in [1.807, 2.05) is 0 Å². The fourth-order valence-electron chi connectivity index (χ4n) is 5.12. The van der Waals surface area contributed by atoms with Gasteiger partial charge in [-0.1, -0.05) is 86.6 Å². The van der Waals surface area contributed by atoms with Gasteiger partial charge < -0.3 is 0 Å². The van der Waals surface area contributed by atoms with Crippen molar-refractivity contribution in [2.45, 2.75) is 38.4 Å². The lowest BCUT2D eigenvalue weighted by Gasteiger charge is -2.46. The predicted molar refractivity (Wildman–Crippen MR) is 120 cm³/mol. The van der Waals surface area contributed by atoms with Crippen LogP contribution in [-0.4, -0.2) is 23.3 Å². The first-order chi connectivity index (χ1) is 14.3. The summed E-state index contributed by atoms with van der Waals surface area (Å²) in [5.74, 6) is 0.233. The predicted octanol–water partition coefficient (Wildman–Crippen LogP) is 5.81. The minimum absolute atomic E-state index is 0.192. The molecule has 146 valence electrons. The van der Waals surface area contributed by atoms with Crippen LogP contribution in [0.15, 0.2) is 90.0 Å². The third-order valence-electron chi connectivity index (χ3n) is 6.33. The third-order valence-corrected chi connectivity index (χ3v) is 6.33. The molecular formula is C26H27N3. The zero-order valence-corrected chi connectivity index (χ0v) is 17.1. The number of para-hydroxylation sites is 1. The highest BCUT2D eigenvalue weighted by molar-refractivity contribution is 6.08. The molecule has 2 heterocycles. The van der Waals surface area contributed by atoms with Crippen LogP contribution in [0.1, 0.15) is 48.9 Å². The lowest BCUT2D eigenvalue weighted by molar-refractivity contribution is 0.117. The van der Waals surface area contributed by atoms with E-state index in [0.717, 1.165) is 18.7 Å². The van der Waals surface area contributed by atoms with E-state index in [2.05, 4.69) is 109 Å². The quantitative estimate of drug-likeness (QED) is 0.568. The van der Waals surface area contributed by atoms with Crippen molar-refractivity contribution in [2.24, 2.45) is 5.10 Å². The highest BCUT2D eigenvalue weighted by Crippen LogP contribution is 2.48. The number of benzene rings is 3. The Morgan fingerprint density at radius 1 is 0.759 bits per heavy atom. The molecule has 3 nitrogen and oxygen atoms in total. The fraction of sp³-hybridized carbons (Fsp3) is 0.269. The van der Waals surface area contributed by atoms with Crippen LogP contribution >= 0.6 is 0 Å². The molecule has 0 amide bonds. The van der Waals surface area contributed by atoms with Crippen LogP contribution in [0.25, 0.3) is 0 Å². The Morgan fingerprint density at radius 2 is 1.38 bits per heavy atom. The van der Waals surface area contributed by atoms with Crippen molar-refractivity contribution in [1.29, 1.82) is 0 Å². The maximum atomic E-state index is 5.25. The van der Waals surface area contributed by atoms with Crippen LogP contribution in [0.3, 0.4) is 0 Å². The first kappa shape index (κ1) is 18.1. The van der Waals surface area contributed by atoms with E-state index in [4.69, 9.17) is 5.10 Å². The minimum atomic E-state index is 0.192. The second-order valence-corrected chi connectivity index (χ2v) is 7.81. The molecule has 29 heavy (non-hydrogen) atoms. The molecule has 3 aromatic carbocycles. The number of hydrazone groups is 1. The van der Waals surface area contributed by atoms with Crippen LogP contribution < -0.4 is 5.01 Å². The summed E-state index contributed by atoms with van der Waals surface area (Å²) in [5.41, 5.74) is 6.41. The highest BCUT2D eigenvalue weighted by atomic mass is 15.6. The Kier molecular flexibility index (Phi) is 4.69. The Balaban J connectivity index is 1.73. The lowest BCUT2D eigenvalue weighted by atomic mass is 9.78. The number of anilines is 1. The molecule has 3 aromatic rings. The molecule has 0 aliphatic carbocycles. The molecule has 3 heteroatoms. The number of hydrogen-bond donors (Lipinski definition) is 0. The summed E-state index contributed by atoms with van der Waals surface area (Å²) in [7, 11) is 0. The van der Waals surface area contributed by atoms with E-state index < -0.39 is 0 Å². The van der Waals surface area contributed by atoms with E-state index in [-0.39, 0.29) is 12.1 Å². The van der Waals surface area contributed by atoms with Gasteiger partial charge in [-0.15, -0.1) is 0 Å². The molecule has 2 aliphatic heterocycles. The van der Waals surface area contributed by atoms with Crippen LogP contribution in [-0.2, 0) is 0 Å². The Morgan fingerprint density at radius 3 is 2.03 bits per heavy atom. The zero-order valence-electron chi connectivity index (χ0n) is 17.1. The molecule has 0 bridgehead atoms. The standard InChI is InChI=1S/C26H27N3/c1-3-23-21-17-11-12-18-22(21)24-25(19-13-7-5-8-14-19)27-29(26(24)28(23)4-2)20-15-9-6-10-16-20/h5-18,23-24,26H,3-4H2,1-2H3/t23-,24+,26+/m1/s1. The number of nitrogens with zero attached hydrogens (tertiary/aromatic N) is 3. The van der Waals surface area contributed by atoms with Crippen LogP contribution in [0.4, 0.5) is 5.69 Å². The summed E-state index contributed by atoms with van der Waals surface area (Å²) in [5, 5.41) is 7.51. The number of likely N-dealkylation sites (N-methyl/N-ethyl adjacent to an activating group) is 1. The fourth-order valence-corrected chi connectivity index (χ4v) is 5.12. The van der Waals surface area contributed by atoms with E-state index in [1.54, 1.807) is 0 Å². The van der Waals surface area contributed by atoms with Gasteiger partial charge in [-0.3, -0.25) is 4.90 Å². The topological polar surface area (TPSA) is 18.8 Å². The number of hydrogen-bond acceptors (Lipinski definition) is 3. The third kappa shape index (κ3) is 2.89.